The number of thioether (sulfide) groups is 1. The number of hydrogen-bond acceptors (Lipinski definition) is 5. The molecular formula is C21H21Cl2N5O2S. The van der Waals surface area contributed by atoms with Gasteiger partial charge in [0.2, 0.25) is 5.91 Å². The largest absolute Gasteiger partial charge is 0.342 e. The number of benzene rings is 2. The minimum atomic E-state index is -0.404. The van der Waals surface area contributed by atoms with Crippen molar-refractivity contribution >= 4 is 52.5 Å². The molecule has 10 heteroatoms. The molecule has 2 N–H and O–H groups in total. The molecule has 3 aromatic rings. The minimum absolute atomic E-state index is 0.151. The lowest BCUT2D eigenvalue weighted by molar-refractivity contribution is -0.113. The Hall–Kier alpha value is -2.55. The molecule has 0 saturated heterocycles. The van der Waals surface area contributed by atoms with Crippen molar-refractivity contribution in [2.75, 3.05) is 11.1 Å². The van der Waals surface area contributed by atoms with Gasteiger partial charge in [-0.25, -0.2) is 0 Å². The van der Waals surface area contributed by atoms with Gasteiger partial charge in [-0.3, -0.25) is 9.59 Å². The number of halogens is 2. The van der Waals surface area contributed by atoms with Crippen LogP contribution in [-0.2, 0) is 11.8 Å². The van der Waals surface area contributed by atoms with Crippen LogP contribution in [-0.4, -0.2) is 32.3 Å². The first kappa shape index (κ1) is 23.1. The van der Waals surface area contributed by atoms with Crippen LogP contribution in [0.4, 0.5) is 5.69 Å². The minimum Gasteiger partial charge on any atom is -0.342 e. The van der Waals surface area contributed by atoms with Crippen molar-refractivity contribution in [2.45, 2.75) is 25.0 Å². The highest BCUT2D eigenvalue weighted by Gasteiger charge is 2.20. The first-order chi connectivity index (χ1) is 14.8. The maximum absolute atomic E-state index is 12.5. The van der Waals surface area contributed by atoms with E-state index >= 15 is 0 Å². The zero-order chi connectivity index (χ0) is 22.5. The molecule has 0 saturated carbocycles. The van der Waals surface area contributed by atoms with Crippen LogP contribution in [0.3, 0.4) is 0 Å². The lowest BCUT2D eigenvalue weighted by atomic mass is 10.2. The van der Waals surface area contributed by atoms with Gasteiger partial charge >= 0.3 is 0 Å². The number of aromatic nitrogens is 3. The molecule has 0 radical (unpaired) electrons. The van der Waals surface area contributed by atoms with Crippen molar-refractivity contribution in [1.29, 1.82) is 0 Å². The van der Waals surface area contributed by atoms with Crippen LogP contribution >= 0.6 is 35.0 Å². The summed E-state index contributed by atoms with van der Waals surface area (Å²) in [5.74, 6) is 0.235. The average Bonchev–Trinajstić information content (AvgIpc) is 3.10. The van der Waals surface area contributed by atoms with E-state index in [2.05, 4.69) is 20.8 Å². The van der Waals surface area contributed by atoms with Gasteiger partial charge in [0.15, 0.2) is 11.0 Å². The van der Waals surface area contributed by atoms with E-state index in [9.17, 15) is 9.59 Å². The maximum atomic E-state index is 12.5. The molecule has 2 aromatic carbocycles. The standard InChI is InChI=1S/C21H21Cl2N5O2S/c1-12-8-9-14(22)10-17(12)25-18(29)11-31-21-27-26-19(28(21)3)13(2)24-20(30)15-6-4-5-7-16(15)23/h4-10,13H,11H2,1-3H3,(H,24,30)(H,25,29)/t13-/m1/s1. The number of anilines is 1. The number of rotatable bonds is 7. The predicted octanol–water partition coefficient (Wildman–Crippen LogP) is 4.65. The van der Waals surface area contributed by atoms with E-state index in [4.69, 9.17) is 23.2 Å². The normalized spacial score (nSPS) is 11.8. The Bertz CT molecular complexity index is 1120. The van der Waals surface area contributed by atoms with E-state index in [-0.39, 0.29) is 17.6 Å². The summed E-state index contributed by atoms with van der Waals surface area (Å²) in [4.78, 5) is 24.8. The summed E-state index contributed by atoms with van der Waals surface area (Å²) in [7, 11) is 1.79. The second-order valence-electron chi connectivity index (χ2n) is 6.87. The molecular weight excluding hydrogens is 457 g/mol. The molecule has 1 atom stereocenters. The SMILES string of the molecule is Cc1ccc(Cl)cc1NC(=O)CSc1nnc([C@@H](C)NC(=O)c2ccccc2Cl)n1C. The van der Waals surface area contributed by atoms with E-state index in [0.29, 0.717) is 32.3 Å². The summed E-state index contributed by atoms with van der Waals surface area (Å²) in [5.41, 5.74) is 1.99. The fourth-order valence-corrected chi connectivity index (χ4v) is 3.97. The Balaban J connectivity index is 1.60. The molecule has 0 aliphatic rings. The first-order valence-corrected chi connectivity index (χ1v) is 11.1. The van der Waals surface area contributed by atoms with Gasteiger partial charge in [0, 0.05) is 17.8 Å². The second-order valence-corrected chi connectivity index (χ2v) is 8.66. The second kappa shape index (κ2) is 10.2. The molecule has 0 aliphatic heterocycles. The lowest BCUT2D eigenvalue weighted by Gasteiger charge is -2.14. The molecule has 0 bridgehead atoms. The number of nitrogens with one attached hydrogen (secondary N) is 2. The van der Waals surface area contributed by atoms with Crippen molar-refractivity contribution in [3.05, 3.63) is 69.5 Å². The third-order valence-electron chi connectivity index (χ3n) is 4.53. The van der Waals surface area contributed by atoms with Crippen LogP contribution < -0.4 is 10.6 Å². The van der Waals surface area contributed by atoms with Crippen molar-refractivity contribution in [2.24, 2.45) is 7.05 Å². The fourth-order valence-electron chi connectivity index (χ4n) is 2.86. The molecule has 0 aliphatic carbocycles. The number of hydrogen-bond donors (Lipinski definition) is 2. The van der Waals surface area contributed by atoms with E-state index in [1.54, 1.807) is 48.0 Å². The van der Waals surface area contributed by atoms with Gasteiger partial charge in [-0.05, 0) is 43.7 Å². The number of nitrogens with zero attached hydrogens (tertiary/aromatic N) is 3. The number of aryl methyl sites for hydroxylation is 1. The van der Waals surface area contributed by atoms with E-state index in [0.717, 1.165) is 5.56 Å². The molecule has 3 rings (SSSR count). The Morgan fingerprint density at radius 3 is 2.65 bits per heavy atom. The van der Waals surface area contributed by atoms with Crippen LogP contribution in [0.2, 0.25) is 10.0 Å². The summed E-state index contributed by atoms with van der Waals surface area (Å²) < 4.78 is 1.75. The molecule has 0 fully saturated rings. The van der Waals surface area contributed by atoms with Gasteiger partial charge in [-0.1, -0.05) is 53.2 Å². The van der Waals surface area contributed by atoms with Gasteiger partial charge in [0.25, 0.3) is 5.91 Å². The first-order valence-electron chi connectivity index (χ1n) is 9.39. The molecule has 162 valence electrons. The highest BCUT2D eigenvalue weighted by atomic mass is 35.5. The van der Waals surface area contributed by atoms with Gasteiger partial charge in [0.1, 0.15) is 0 Å². The highest BCUT2D eigenvalue weighted by Crippen LogP contribution is 2.23. The Morgan fingerprint density at radius 2 is 1.90 bits per heavy atom. The summed E-state index contributed by atoms with van der Waals surface area (Å²) in [5, 5.41) is 15.5. The highest BCUT2D eigenvalue weighted by molar-refractivity contribution is 7.99. The van der Waals surface area contributed by atoms with Gasteiger partial charge < -0.3 is 15.2 Å². The Kier molecular flexibility index (Phi) is 7.59. The predicted molar refractivity (Wildman–Crippen MR) is 124 cm³/mol. The van der Waals surface area contributed by atoms with Crippen LogP contribution in [0, 0.1) is 6.92 Å². The maximum Gasteiger partial charge on any atom is 0.253 e. The summed E-state index contributed by atoms with van der Waals surface area (Å²) in [6.45, 7) is 3.70. The van der Waals surface area contributed by atoms with Crippen molar-refractivity contribution < 1.29 is 9.59 Å². The van der Waals surface area contributed by atoms with Gasteiger partial charge in [-0.15, -0.1) is 10.2 Å². The third kappa shape index (κ3) is 5.78. The zero-order valence-electron chi connectivity index (χ0n) is 17.1. The monoisotopic (exact) mass is 477 g/mol. The molecule has 7 nitrogen and oxygen atoms in total. The topological polar surface area (TPSA) is 88.9 Å². The zero-order valence-corrected chi connectivity index (χ0v) is 19.5. The number of carbonyl (C=O) groups excluding carboxylic acids is 2. The smallest absolute Gasteiger partial charge is 0.253 e. The Morgan fingerprint density at radius 1 is 1.16 bits per heavy atom. The van der Waals surface area contributed by atoms with Gasteiger partial charge in [-0.2, -0.15) is 0 Å². The quantitative estimate of drug-likeness (QED) is 0.483. The molecule has 31 heavy (non-hydrogen) atoms. The Labute approximate surface area is 194 Å². The van der Waals surface area contributed by atoms with Crippen LogP contribution in [0.25, 0.3) is 0 Å². The van der Waals surface area contributed by atoms with E-state index in [1.165, 1.54) is 11.8 Å². The van der Waals surface area contributed by atoms with Crippen molar-refractivity contribution in [1.82, 2.24) is 20.1 Å². The fraction of sp³-hybridized carbons (Fsp3) is 0.238. The lowest BCUT2D eigenvalue weighted by Crippen LogP contribution is -2.28. The summed E-state index contributed by atoms with van der Waals surface area (Å²) >= 11 is 13.3. The third-order valence-corrected chi connectivity index (χ3v) is 6.11. The molecule has 1 heterocycles. The van der Waals surface area contributed by atoms with Crippen LogP contribution in [0.1, 0.15) is 34.7 Å². The molecule has 0 unspecified atom stereocenters. The van der Waals surface area contributed by atoms with Crippen molar-refractivity contribution in [3.8, 4) is 0 Å². The summed E-state index contributed by atoms with van der Waals surface area (Å²) in [6.07, 6.45) is 0. The number of carbonyl (C=O) groups is 2. The molecule has 2 amide bonds. The van der Waals surface area contributed by atoms with Crippen LogP contribution in [0.15, 0.2) is 47.6 Å². The average molecular weight is 478 g/mol. The van der Waals surface area contributed by atoms with E-state index in [1.807, 2.05) is 19.9 Å². The summed E-state index contributed by atoms with van der Waals surface area (Å²) in [6, 6.07) is 11.8. The van der Waals surface area contributed by atoms with E-state index < -0.39 is 6.04 Å². The molecule has 0 spiro atoms. The van der Waals surface area contributed by atoms with Crippen LogP contribution in [0.5, 0.6) is 0 Å². The number of amides is 2. The van der Waals surface area contributed by atoms with Crippen molar-refractivity contribution in [3.63, 3.8) is 0 Å². The molecule has 1 aromatic heterocycles. The van der Waals surface area contributed by atoms with Gasteiger partial charge in [0.05, 0.1) is 22.4 Å².